The van der Waals surface area contributed by atoms with Crippen molar-refractivity contribution in [3.63, 3.8) is 0 Å². The minimum Gasteiger partial charge on any atom is -0.484 e. The fourth-order valence-electron chi connectivity index (χ4n) is 2.36. The van der Waals surface area contributed by atoms with Crippen molar-refractivity contribution in [1.82, 2.24) is 4.98 Å². The second-order valence-electron chi connectivity index (χ2n) is 7.18. The molecule has 3 aromatic rings. The van der Waals surface area contributed by atoms with Crippen molar-refractivity contribution in [2.75, 3.05) is 11.9 Å². The maximum Gasteiger partial charge on any atom is 0.262 e. The quantitative estimate of drug-likeness (QED) is 0.628. The number of carbonyl (C=O) groups excluding carboxylic acids is 2. The SMILES string of the molecule is CC(C)(C)c1csc(-c2ccc(OCC(=O)Nc3sccc3C(N)=O)cc2)n1. The third-order valence-corrected chi connectivity index (χ3v) is 5.65. The van der Waals surface area contributed by atoms with E-state index in [0.717, 1.165) is 16.3 Å². The highest BCUT2D eigenvalue weighted by Crippen LogP contribution is 2.30. The predicted octanol–water partition coefficient (Wildman–Crippen LogP) is 4.29. The van der Waals surface area contributed by atoms with Gasteiger partial charge in [-0.25, -0.2) is 4.98 Å². The third-order valence-electron chi connectivity index (χ3n) is 3.93. The highest BCUT2D eigenvalue weighted by Gasteiger charge is 2.18. The summed E-state index contributed by atoms with van der Waals surface area (Å²) >= 11 is 2.84. The van der Waals surface area contributed by atoms with Crippen LogP contribution in [0.3, 0.4) is 0 Å². The molecule has 8 heteroatoms. The van der Waals surface area contributed by atoms with Crippen LogP contribution in [0.5, 0.6) is 5.75 Å². The molecular formula is C20H21N3O3S2. The van der Waals surface area contributed by atoms with Gasteiger partial charge in [0, 0.05) is 16.4 Å². The molecule has 0 saturated heterocycles. The average molecular weight is 416 g/mol. The monoisotopic (exact) mass is 415 g/mol. The Bertz CT molecular complexity index is 985. The van der Waals surface area contributed by atoms with Crippen LogP contribution in [-0.2, 0) is 10.2 Å². The Hall–Kier alpha value is -2.71. The molecule has 3 rings (SSSR count). The predicted molar refractivity (Wildman–Crippen MR) is 113 cm³/mol. The van der Waals surface area contributed by atoms with E-state index in [9.17, 15) is 9.59 Å². The minimum absolute atomic E-state index is 0.0160. The number of thiophene rings is 1. The van der Waals surface area contributed by atoms with E-state index in [4.69, 9.17) is 15.5 Å². The number of anilines is 1. The van der Waals surface area contributed by atoms with Crippen LogP contribution < -0.4 is 15.8 Å². The van der Waals surface area contributed by atoms with Gasteiger partial charge >= 0.3 is 0 Å². The first kappa shape index (κ1) is 20.0. The summed E-state index contributed by atoms with van der Waals surface area (Å²) in [6.45, 7) is 6.24. The molecule has 6 nitrogen and oxygen atoms in total. The van der Waals surface area contributed by atoms with Crippen LogP contribution in [0.2, 0.25) is 0 Å². The molecule has 0 radical (unpaired) electrons. The zero-order valence-corrected chi connectivity index (χ0v) is 17.4. The van der Waals surface area contributed by atoms with Crippen molar-refractivity contribution >= 4 is 39.5 Å². The van der Waals surface area contributed by atoms with Crippen molar-refractivity contribution in [3.05, 3.63) is 52.3 Å². The molecule has 0 spiro atoms. The number of thiazole rings is 1. The second kappa shape index (κ2) is 8.12. The molecule has 2 heterocycles. The lowest BCUT2D eigenvalue weighted by molar-refractivity contribution is -0.118. The van der Waals surface area contributed by atoms with Gasteiger partial charge in [0.05, 0.1) is 11.3 Å². The Balaban J connectivity index is 1.58. The number of benzene rings is 1. The van der Waals surface area contributed by atoms with E-state index in [-0.39, 0.29) is 17.9 Å². The van der Waals surface area contributed by atoms with E-state index in [1.807, 2.05) is 12.1 Å². The number of rotatable bonds is 6. The Morgan fingerprint density at radius 2 is 1.86 bits per heavy atom. The fourth-order valence-corrected chi connectivity index (χ4v) is 4.22. The number of nitrogens with one attached hydrogen (secondary N) is 1. The standard InChI is InChI=1S/C20H21N3O3S2/c1-20(2,3)15-11-28-18(22-15)12-4-6-13(7-5-12)26-10-16(24)23-19-14(17(21)25)8-9-27-19/h4-9,11H,10H2,1-3H3,(H2,21,25)(H,23,24). The Morgan fingerprint density at radius 3 is 2.46 bits per heavy atom. The molecule has 0 fully saturated rings. The molecular weight excluding hydrogens is 394 g/mol. The number of ether oxygens (including phenoxy) is 1. The highest BCUT2D eigenvalue weighted by molar-refractivity contribution is 7.14. The van der Waals surface area contributed by atoms with Crippen LogP contribution in [0.15, 0.2) is 41.1 Å². The van der Waals surface area contributed by atoms with Gasteiger partial charge < -0.3 is 15.8 Å². The fraction of sp³-hybridized carbons (Fsp3) is 0.250. The van der Waals surface area contributed by atoms with E-state index in [2.05, 4.69) is 31.5 Å². The van der Waals surface area contributed by atoms with Gasteiger partial charge in [-0.1, -0.05) is 20.8 Å². The van der Waals surface area contributed by atoms with E-state index in [0.29, 0.717) is 16.3 Å². The van der Waals surface area contributed by atoms with Crippen molar-refractivity contribution < 1.29 is 14.3 Å². The molecule has 2 amide bonds. The zero-order valence-electron chi connectivity index (χ0n) is 15.8. The number of amides is 2. The van der Waals surface area contributed by atoms with Gasteiger partial charge in [-0.15, -0.1) is 22.7 Å². The molecule has 28 heavy (non-hydrogen) atoms. The summed E-state index contributed by atoms with van der Waals surface area (Å²) in [5, 5.41) is 7.79. The molecule has 146 valence electrons. The molecule has 2 aromatic heterocycles. The molecule has 0 saturated carbocycles. The minimum atomic E-state index is -0.579. The van der Waals surface area contributed by atoms with Gasteiger partial charge in [0.1, 0.15) is 15.8 Å². The van der Waals surface area contributed by atoms with Gasteiger partial charge in [0.2, 0.25) is 0 Å². The van der Waals surface area contributed by atoms with Crippen LogP contribution in [0.25, 0.3) is 10.6 Å². The molecule has 0 aliphatic heterocycles. The second-order valence-corrected chi connectivity index (χ2v) is 8.95. The first-order valence-corrected chi connectivity index (χ1v) is 10.4. The van der Waals surface area contributed by atoms with Crippen molar-refractivity contribution in [1.29, 1.82) is 0 Å². The first-order chi connectivity index (χ1) is 13.2. The molecule has 0 aliphatic carbocycles. The maximum atomic E-state index is 12.1. The summed E-state index contributed by atoms with van der Waals surface area (Å²) < 4.78 is 5.53. The van der Waals surface area contributed by atoms with E-state index < -0.39 is 5.91 Å². The summed E-state index contributed by atoms with van der Waals surface area (Å²) in [5.41, 5.74) is 7.64. The molecule has 3 N–H and O–H groups in total. The average Bonchev–Trinajstić information content (AvgIpc) is 3.29. The topological polar surface area (TPSA) is 94.3 Å². The van der Waals surface area contributed by atoms with Crippen molar-refractivity contribution in [3.8, 4) is 16.3 Å². The molecule has 0 aliphatic rings. The number of aromatic nitrogens is 1. The van der Waals surface area contributed by atoms with Crippen molar-refractivity contribution in [2.45, 2.75) is 26.2 Å². The van der Waals surface area contributed by atoms with Gasteiger partial charge in [-0.3, -0.25) is 9.59 Å². The number of nitrogens with two attached hydrogens (primary N) is 1. The van der Waals surface area contributed by atoms with Crippen LogP contribution in [0, 0.1) is 0 Å². The number of hydrogen-bond acceptors (Lipinski definition) is 6. The van der Waals surface area contributed by atoms with Crippen LogP contribution in [-0.4, -0.2) is 23.4 Å². The largest absolute Gasteiger partial charge is 0.484 e. The smallest absolute Gasteiger partial charge is 0.262 e. The summed E-state index contributed by atoms with van der Waals surface area (Å²) in [7, 11) is 0. The number of nitrogens with zero attached hydrogens (tertiary/aromatic N) is 1. The van der Waals surface area contributed by atoms with Crippen LogP contribution >= 0.6 is 22.7 Å². The van der Waals surface area contributed by atoms with Gasteiger partial charge in [0.15, 0.2) is 6.61 Å². The molecule has 0 unspecified atom stereocenters. The number of carbonyl (C=O) groups is 2. The summed E-state index contributed by atoms with van der Waals surface area (Å²) in [4.78, 5) is 28.0. The first-order valence-electron chi connectivity index (χ1n) is 8.60. The van der Waals surface area contributed by atoms with E-state index >= 15 is 0 Å². The summed E-state index contributed by atoms with van der Waals surface area (Å²) in [6.07, 6.45) is 0. The Kier molecular flexibility index (Phi) is 5.81. The number of primary amides is 1. The lowest BCUT2D eigenvalue weighted by Crippen LogP contribution is -2.21. The Morgan fingerprint density at radius 1 is 1.14 bits per heavy atom. The molecule has 1 aromatic carbocycles. The summed E-state index contributed by atoms with van der Waals surface area (Å²) in [6, 6.07) is 9.03. The lowest BCUT2D eigenvalue weighted by atomic mass is 9.93. The van der Waals surface area contributed by atoms with Crippen LogP contribution in [0.4, 0.5) is 5.00 Å². The third kappa shape index (κ3) is 4.76. The van der Waals surface area contributed by atoms with Gasteiger partial charge in [-0.2, -0.15) is 0 Å². The van der Waals surface area contributed by atoms with E-state index in [1.165, 1.54) is 11.3 Å². The summed E-state index contributed by atoms with van der Waals surface area (Å²) in [5.74, 6) is -0.360. The lowest BCUT2D eigenvalue weighted by Gasteiger charge is -2.14. The van der Waals surface area contributed by atoms with Gasteiger partial charge in [-0.05, 0) is 35.7 Å². The van der Waals surface area contributed by atoms with E-state index in [1.54, 1.807) is 34.9 Å². The Labute approximate surface area is 171 Å². The zero-order chi connectivity index (χ0) is 20.3. The normalized spacial score (nSPS) is 11.2. The molecule has 0 bridgehead atoms. The number of hydrogen-bond donors (Lipinski definition) is 2. The molecule has 0 atom stereocenters. The van der Waals surface area contributed by atoms with Crippen molar-refractivity contribution in [2.24, 2.45) is 5.73 Å². The van der Waals surface area contributed by atoms with Crippen LogP contribution in [0.1, 0.15) is 36.8 Å². The van der Waals surface area contributed by atoms with Gasteiger partial charge in [0.25, 0.3) is 11.8 Å². The maximum absolute atomic E-state index is 12.1. The highest BCUT2D eigenvalue weighted by atomic mass is 32.1.